The van der Waals surface area contributed by atoms with Gasteiger partial charge in [0, 0.05) is 17.1 Å². The fourth-order valence-corrected chi connectivity index (χ4v) is 3.83. The minimum atomic E-state index is 0.714. The van der Waals surface area contributed by atoms with Gasteiger partial charge < -0.3 is 9.30 Å². The second-order valence-electron chi connectivity index (χ2n) is 7.46. The summed E-state index contributed by atoms with van der Waals surface area (Å²) in [7, 11) is 0. The van der Waals surface area contributed by atoms with Crippen LogP contribution in [-0.2, 0) is 6.54 Å². The second kappa shape index (κ2) is 8.71. The van der Waals surface area contributed by atoms with E-state index in [1.165, 1.54) is 11.1 Å². The molecule has 148 valence electrons. The zero-order chi connectivity index (χ0) is 20.2. The van der Waals surface area contributed by atoms with Gasteiger partial charge in [-0.25, -0.2) is 4.98 Å². The summed E-state index contributed by atoms with van der Waals surface area (Å²) in [6.45, 7) is 5.81. The minimum absolute atomic E-state index is 0.714. The van der Waals surface area contributed by atoms with Crippen LogP contribution < -0.4 is 4.74 Å². The van der Waals surface area contributed by atoms with Crippen LogP contribution in [0.4, 0.5) is 0 Å². The Balaban J connectivity index is 1.46. The Morgan fingerprint density at radius 1 is 0.897 bits per heavy atom. The summed E-state index contributed by atoms with van der Waals surface area (Å²) in [6.07, 6.45) is 2.01. The van der Waals surface area contributed by atoms with Crippen LogP contribution >= 0.6 is 11.6 Å². The number of imidazole rings is 1. The van der Waals surface area contributed by atoms with Gasteiger partial charge in [-0.3, -0.25) is 0 Å². The maximum atomic E-state index is 6.06. The number of benzene rings is 3. The number of nitrogens with zero attached hydrogens (tertiary/aromatic N) is 2. The molecule has 0 saturated carbocycles. The quantitative estimate of drug-likeness (QED) is 0.315. The zero-order valence-corrected chi connectivity index (χ0v) is 17.6. The predicted molar refractivity (Wildman–Crippen MR) is 121 cm³/mol. The Morgan fingerprint density at radius 2 is 1.62 bits per heavy atom. The Morgan fingerprint density at radius 3 is 2.38 bits per heavy atom. The molecule has 0 bridgehead atoms. The standard InChI is InChI=1S/C25H25ClN2O/c1-18-15-19(2)17-22(16-18)29-14-6-5-13-28-24-8-4-3-7-23(24)27-25(28)20-9-11-21(26)12-10-20/h3-4,7-12,15-17H,5-6,13-14H2,1-2H3. The Bertz CT molecular complexity index is 1100. The number of fused-ring (bicyclic) bond motifs is 1. The van der Waals surface area contributed by atoms with Crippen LogP contribution in [0.15, 0.2) is 66.7 Å². The molecule has 0 atom stereocenters. The molecule has 0 unspecified atom stereocenters. The van der Waals surface area contributed by atoms with Gasteiger partial charge >= 0.3 is 0 Å². The molecule has 3 aromatic carbocycles. The van der Waals surface area contributed by atoms with Crippen molar-refractivity contribution in [3.8, 4) is 17.1 Å². The van der Waals surface area contributed by atoms with E-state index >= 15 is 0 Å². The molecule has 4 rings (SSSR count). The average Bonchev–Trinajstić information content (AvgIpc) is 3.06. The first-order chi connectivity index (χ1) is 14.1. The number of rotatable bonds is 7. The van der Waals surface area contributed by atoms with Crippen molar-refractivity contribution < 1.29 is 4.74 Å². The third-order valence-corrected chi connectivity index (χ3v) is 5.25. The smallest absolute Gasteiger partial charge is 0.141 e. The summed E-state index contributed by atoms with van der Waals surface area (Å²) in [5.41, 5.74) is 5.73. The molecule has 0 aliphatic rings. The van der Waals surface area contributed by atoms with E-state index in [4.69, 9.17) is 21.3 Å². The lowest BCUT2D eigenvalue weighted by Crippen LogP contribution is -2.04. The molecule has 4 heteroatoms. The first-order valence-corrected chi connectivity index (χ1v) is 10.4. The van der Waals surface area contributed by atoms with E-state index in [-0.39, 0.29) is 0 Å². The number of aromatic nitrogens is 2. The van der Waals surface area contributed by atoms with Gasteiger partial charge in [0.2, 0.25) is 0 Å². The molecule has 0 aliphatic heterocycles. The molecule has 29 heavy (non-hydrogen) atoms. The fraction of sp³-hybridized carbons (Fsp3) is 0.240. The topological polar surface area (TPSA) is 27.1 Å². The summed E-state index contributed by atoms with van der Waals surface area (Å²) in [5, 5.41) is 0.736. The number of unbranched alkanes of at least 4 members (excludes halogenated alkanes) is 1. The molecule has 0 saturated heterocycles. The molecular formula is C25H25ClN2O. The van der Waals surface area contributed by atoms with Crippen molar-refractivity contribution >= 4 is 22.6 Å². The van der Waals surface area contributed by atoms with E-state index in [9.17, 15) is 0 Å². The van der Waals surface area contributed by atoms with Crippen LogP contribution in [0.1, 0.15) is 24.0 Å². The van der Waals surface area contributed by atoms with Crippen molar-refractivity contribution in [2.24, 2.45) is 0 Å². The SMILES string of the molecule is Cc1cc(C)cc(OCCCCn2c(-c3ccc(Cl)cc3)nc3ccccc32)c1. The predicted octanol–water partition coefficient (Wildman–Crippen LogP) is 6.83. The largest absolute Gasteiger partial charge is 0.494 e. The highest BCUT2D eigenvalue weighted by molar-refractivity contribution is 6.30. The van der Waals surface area contributed by atoms with E-state index in [1.54, 1.807) is 0 Å². The zero-order valence-electron chi connectivity index (χ0n) is 16.9. The molecule has 0 fully saturated rings. The third-order valence-electron chi connectivity index (χ3n) is 5.00. The molecule has 0 aliphatic carbocycles. The highest BCUT2D eigenvalue weighted by atomic mass is 35.5. The molecule has 0 N–H and O–H groups in total. The van der Waals surface area contributed by atoms with Gasteiger partial charge in [0.15, 0.2) is 0 Å². The first kappa shape index (κ1) is 19.5. The lowest BCUT2D eigenvalue weighted by Gasteiger charge is -2.11. The van der Waals surface area contributed by atoms with Gasteiger partial charge in [-0.15, -0.1) is 0 Å². The van der Waals surface area contributed by atoms with Crippen LogP contribution in [0.3, 0.4) is 0 Å². The monoisotopic (exact) mass is 404 g/mol. The van der Waals surface area contributed by atoms with Crippen molar-refractivity contribution in [1.29, 1.82) is 0 Å². The molecule has 3 nitrogen and oxygen atoms in total. The fourth-order valence-electron chi connectivity index (χ4n) is 3.70. The van der Waals surface area contributed by atoms with Crippen molar-refractivity contribution in [2.45, 2.75) is 33.2 Å². The minimum Gasteiger partial charge on any atom is -0.494 e. The molecule has 1 aromatic heterocycles. The van der Waals surface area contributed by atoms with E-state index in [1.807, 2.05) is 30.3 Å². The van der Waals surface area contributed by atoms with Crippen molar-refractivity contribution in [1.82, 2.24) is 9.55 Å². The normalized spacial score (nSPS) is 11.1. The number of para-hydroxylation sites is 2. The van der Waals surface area contributed by atoms with Gasteiger partial charge in [-0.05, 0) is 86.3 Å². The van der Waals surface area contributed by atoms with E-state index in [0.717, 1.165) is 52.6 Å². The average molecular weight is 405 g/mol. The number of halogens is 1. The Labute approximate surface area is 176 Å². The molecule has 4 aromatic rings. The Kier molecular flexibility index (Phi) is 5.86. The molecule has 0 spiro atoms. The lowest BCUT2D eigenvalue weighted by molar-refractivity contribution is 0.303. The van der Waals surface area contributed by atoms with Crippen LogP contribution in [0.2, 0.25) is 5.02 Å². The van der Waals surface area contributed by atoms with Crippen molar-refractivity contribution in [3.63, 3.8) is 0 Å². The van der Waals surface area contributed by atoms with Crippen LogP contribution in [0.5, 0.6) is 5.75 Å². The third kappa shape index (κ3) is 4.63. The van der Waals surface area contributed by atoms with E-state index < -0.39 is 0 Å². The molecule has 1 heterocycles. The summed E-state index contributed by atoms with van der Waals surface area (Å²) in [6, 6.07) is 22.5. The summed E-state index contributed by atoms with van der Waals surface area (Å²) < 4.78 is 8.26. The molecule has 0 radical (unpaired) electrons. The van der Waals surface area contributed by atoms with E-state index in [2.05, 4.69) is 54.8 Å². The second-order valence-corrected chi connectivity index (χ2v) is 7.90. The Hall–Kier alpha value is -2.78. The maximum Gasteiger partial charge on any atom is 0.141 e. The summed E-state index contributed by atoms with van der Waals surface area (Å²) >= 11 is 6.06. The van der Waals surface area contributed by atoms with Gasteiger partial charge in [0.1, 0.15) is 11.6 Å². The number of hydrogen-bond donors (Lipinski definition) is 0. The summed E-state index contributed by atoms with van der Waals surface area (Å²) in [5.74, 6) is 1.94. The highest BCUT2D eigenvalue weighted by Crippen LogP contribution is 2.26. The van der Waals surface area contributed by atoms with Crippen LogP contribution in [0, 0.1) is 13.8 Å². The van der Waals surface area contributed by atoms with Crippen molar-refractivity contribution in [3.05, 3.63) is 82.9 Å². The lowest BCUT2D eigenvalue weighted by atomic mass is 10.1. The van der Waals surface area contributed by atoms with Gasteiger partial charge in [0.05, 0.1) is 17.6 Å². The number of ether oxygens (including phenoxy) is 1. The molecular weight excluding hydrogens is 380 g/mol. The number of hydrogen-bond acceptors (Lipinski definition) is 2. The van der Waals surface area contributed by atoms with E-state index in [0.29, 0.717) is 6.61 Å². The summed E-state index contributed by atoms with van der Waals surface area (Å²) in [4.78, 5) is 4.87. The van der Waals surface area contributed by atoms with Crippen molar-refractivity contribution in [2.75, 3.05) is 6.61 Å². The van der Waals surface area contributed by atoms with Crippen LogP contribution in [0.25, 0.3) is 22.4 Å². The highest BCUT2D eigenvalue weighted by Gasteiger charge is 2.12. The van der Waals surface area contributed by atoms with Crippen LogP contribution in [-0.4, -0.2) is 16.2 Å². The maximum absolute atomic E-state index is 6.06. The number of aryl methyl sites for hydroxylation is 3. The first-order valence-electron chi connectivity index (χ1n) is 10.0. The van der Waals surface area contributed by atoms with Gasteiger partial charge in [-0.2, -0.15) is 0 Å². The van der Waals surface area contributed by atoms with Gasteiger partial charge in [0.25, 0.3) is 0 Å². The van der Waals surface area contributed by atoms with Gasteiger partial charge in [-0.1, -0.05) is 29.8 Å². The molecule has 0 amide bonds.